The number of aromatic nitrogens is 2. The molecule has 0 aliphatic heterocycles. The molecule has 0 saturated heterocycles. The van der Waals surface area contributed by atoms with Gasteiger partial charge in [-0.25, -0.2) is 9.37 Å². The Morgan fingerprint density at radius 2 is 2.06 bits per heavy atom. The first-order valence-electron chi connectivity index (χ1n) is 6.17. The van der Waals surface area contributed by atoms with Crippen LogP contribution in [-0.2, 0) is 0 Å². The minimum absolute atomic E-state index is 0.224. The lowest BCUT2D eigenvalue weighted by atomic mass is 10.2. The van der Waals surface area contributed by atoms with Crippen LogP contribution >= 0.6 is 0 Å². The molecule has 1 aromatic carbocycles. The van der Waals surface area contributed by atoms with Crippen molar-refractivity contribution in [2.24, 2.45) is 0 Å². The molecule has 0 radical (unpaired) electrons. The van der Waals surface area contributed by atoms with Crippen molar-refractivity contribution in [1.29, 1.82) is 0 Å². The number of nitrogens with one attached hydrogen (secondary N) is 1. The van der Waals surface area contributed by atoms with E-state index in [2.05, 4.69) is 17.2 Å². The highest BCUT2D eigenvalue weighted by Crippen LogP contribution is 2.19. The number of aryl methyl sites for hydroxylation is 2. The van der Waals surface area contributed by atoms with Gasteiger partial charge in [-0.05, 0) is 44.0 Å². The van der Waals surface area contributed by atoms with Gasteiger partial charge in [0.2, 0.25) is 5.95 Å². The first kappa shape index (κ1) is 12.6. The molecule has 0 atom stereocenters. The van der Waals surface area contributed by atoms with Crippen LogP contribution in [0.5, 0.6) is 0 Å². The van der Waals surface area contributed by atoms with E-state index in [1.54, 1.807) is 0 Å². The van der Waals surface area contributed by atoms with Gasteiger partial charge in [-0.15, -0.1) is 0 Å². The van der Waals surface area contributed by atoms with Crippen molar-refractivity contribution in [2.75, 3.05) is 11.9 Å². The van der Waals surface area contributed by atoms with E-state index < -0.39 is 0 Å². The molecule has 4 heteroatoms. The Hall–Kier alpha value is -1.84. The highest BCUT2D eigenvalue weighted by molar-refractivity contribution is 5.44. The van der Waals surface area contributed by atoms with Crippen molar-refractivity contribution < 1.29 is 4.39 Å². The van der Waals surface area contributed by atoms with Crippen molar-refractivity contribution in [2.45, 2.75) is 27.2 Å². The highest BCUT2D eigenvalue weighted by atomic mass is 19.1. The maximum atomic E-state index is 13.5. The fraction of sp³-hybridized carbons (Fsp3) is 0.357. The molecule has 1 heterocycles. The number of imidazole rings is 1. The summed E-state index contributed by atoms with van der Waals surface area (Å²) in [5, 5.41) is 3.25. The van der Waals surface area contributed by atoms with Crippen LogP contribution in [0.15, 0.2) is 24.4 Å². The average Bonchev–Trinajstić information content (AvgIpc) is 2.66. The number of halogens is 1. The third-order valence-corrected chi connectivity index (χ3v) is 2.66. The van der Waals surface area contributed by atoms with Crippen molar-refractivity contribution in [3.63, 3.8) is 0 Å². The quantitative estimate of drug-likeness (QED) is 0.896. The zero-order chi connectivity index (χ0) is 13.1. The minimum Gasteiger partial charge on any atom is -0.355 e. The normalized spacial score (nSPS) is 10.7. The Kier molecular flexibility index (Phi) is 3.65. The summed E-state index contributed by atoms with van der Waals surface area (Å²) in [7, 11) is 0. The fourth-order valence-corrected chi connectivity index (χ4v) is 1.91. The number of hydrogen-bond donors (Lipinski definition) is 1. The number of anilines is 1. The van der Waals surface area contributed by atoms with Gasteiger partial charge < -0.3 is 5.32 Å². The number of benzene rings is 1. The summed E-state index contributed by atoms with van der Waals surface area (Å²) in [6.45, 7) is 6.76. The van der Waals surface area contributed by atoms with Gasteiger partial charge in [0.15, 0.2) is 0 Å². The molecule has 0 aliphatic rings. The zero-order valence-corrected chi connectivity index (χ0v) is 11.0. The molecule has 1 aromatic heterocycles. The first-order valence-corrected chi connectivity index (χ1v) is 6.17. The smallest absolute Gasteiger partial charge is 0.207 e. The van der Waals surface area contributed by atoms with Gasteiger partial charge in [0.1, 0.15) is 5.82 Å². The lowest BCUT2D eigenvalue weighted by Crippen LogP contribution is -2.07. The molecular formula is C14H18FN3. The minimum atomic E-state index is -0.224. The number of hydrogen-bond acceptors (Lipinski definition) is 2. The van der Waals surface area contributed by atoms with Crippen LogP contribution in [0.1, 0.15) is 24.6 Å². The number of nitrogens with zero attached hydrogens (tertiary/aromatic N) is 2. The Morgan fingerprint density at radius 3 is 2.72 bits per heavy atom. The summed E-state index contributed by atoms with van der Waals surface area (Å²) in [5.74, 6) is 0.539. The maximum Gasteiger partial charge on any atom is 0.207 e. The van der Waals surface area contributed by atoms with Crippen LogP contribution in [0.3, 0.4) is 0 Å². The second-order valence-corrected chi connectivity index (χ2v) is 4.49. The maximum absolute atomic E-state index is 13.5. The molecule has 18 heavy (non-hydrogen) atoms. The van der Waals surface area contributed by atoms with E-state index in [0.29, 0.717) is 0 Å². The van der Waals surface area contributed by atoms with Crippen molar-refractivity contribution in [3.8, 4) is 5.69 Å². The third kappa shape index (κ3) is 2.70. The second kappa shape index (κ2) is 5.21. The predicted molar refractivity (Wildman–Crippen MR) is 71.8 cm³/mol. The van der Waals surface area contributed by atoms with Gasteiger partial charge >= 0.3 is 0 Å². The predicted octanol–water partition coefficient (Wildman–Crippen LogP) is 3.45. The summed E-state index contributed by atoms with van der Waals surface area (Å²) in [6, 6.07) is 4.99. The summed E-state index contributed by atoms with van der Waals surface area (Å²) >= 11 is 0. The van der Waals surface area contributed by atoms with Crippen LogP contribution in [0.4, 0.5) is 10.3 Å². The highest BCUT2D eigenvalue weighted by Gasteiger charge is 2.08. The zero-order valence-electron chi connectivity index (χ0n) is 11.0. The van der Waals surface area contributed by atoms with E-state index in [0.717, 1.165) is 35.9 Å². The summed E-state index contributed by atoms with van der Waals surface area (Å²) in [5.41, 5.74) is 2.61. The topological polar surface area (TPSA) is 29.9 Å². The summed E-state index contributed by atoms with van der Waals surface area (Å²) < 4.78 is 15.3. The molecule has 96 valence electrons. The molecule has 1 N–H and O–H groups in total. The second-order valence-electron chi connectivity index (χ2n) is 4.49. The van der Waals surface area contributed by atoms with Crippen molar-refractivity contribution in [1.82, 2.24) is 9.55 Å². The van der Waals surface area contributed by atoms with Crippen LogP contribution in [0, 0.1) is 19.7 Å². The van der Waals surface area contributed by atoms with Crippen LogP contribution in [0.2, 0.25) is 0 Å². The Labute approximate surface area is 107 Å². The van der Waals surface area contributed by atoms with Gasteiger partial charge in [0.25, 0.3) is 0 Å². The average molecular weight is 247 g/mol. The molecule has 0 fully saturated rings. The van der Waals surface area contributed by atoms with Crippen molar-refractivity contribution >= 4 is 5.95 Å². The lowest BCUT2D eigenvalue weighted by molar-refractivity contribution is 0.625. The molecule has 2 rings (SSSR count). The Balaban J connectivity index is 2.42. The van der Waals surface area contributed by atoms with Gasteiger partial charge in [0.05, 0.1) is 11.4 Å². The van der Waals surface area contributed by atoms with E-state index in [4.69, 9.17) is 0 Å². The molecule has 0 saturated carbocycles. The number of rotatable bonds is 4. The molecule has 0 bridgehead atoms. The van der Waals surface area contributed by atoms with Crippen LogP contribution < -0.4 is 5.32 Å². The van der Waals surface area contributed by atoms with E-state index in [-0.39, 0.29) is 5.82 Å². The monoisotopic (exact) mass is 247 g/mol. The molecule has 2 aromatic rings. The lowest BCUT2D eigenvalue weighted by Gasteiger charge is -2.10. The molecule has 3 nitrogen and oxygen atoms in total. The summed E-state index contributed by atoms with van der Waals surface area (Å²) in [6.07, 6.45) is 2.93. The standard InChI is InChI=1S/C14H18FN3/c1-4-5-16-14-17-11(3)9-18(14)13-7-10(2)6-12(15)8-13/h6-9H,4-5H2,1-3H3,(H,16,17). The van der Waals surface area contributed by atoms with E-state index in [1.807, 2.05) is 30.7 Å². The van der Waals surface area contributed by atoms with Gasteiger partial charge in [-0.2, -0.15) is 0 Å². The molecule has 0 spiro atoms. The molecule has 0 unspecified atom stereocenters. The van der Waals surface area contributed by atoms with Crippen LogP contribution in [0.25, 0.3) is 5.69 Å². The largest absolute Gasteiger partial charge is 0.355 e. The molecular weight excluding hydrogens is 229 g/mol. The van der Waals surface area contributed by atoms with E-state index >= 15 is 0 Å². The van der Waals surface area contributed by atoms with Crippen LogP contribution in [-0.4, -0.2) is 16.1 Å². The molecule has 0 amide bonds. The van der Waals surface area contributed by atoms with E-state index in [9.17, 15) is 4.39 Å². The van der Waals surface area contributed by atoms with E-state index in [1.165, 1.54) is 12.1 Å². The Morgan fingerprint density at radius 1 is 1.28 bits per heavy atom. The third-order valence-electron chi connectivity index (χ3n) is 2.66. The van der Waals surface area contributed by atoms with Gasteiger partial charge in [-0.1, -0.05) is 6.92 Å². The van der Waals surface area contributed by atoms with Crippen molar-refractivity contribution in [3.05, 3.63) is 41.5 Å². The van der Waals surface area contributed by atoms with Gasteiger partial charge in [-0.3, -0.25) is 4.57 Å². The molecule has 0 aliphatic carbocycles. The SMILES string of the molecule is CCCNc1nc(C)cn1-c1cc(C)cc(F)c1. The Bertz CT molecular complexity index is 526. The first-order chi connectivity index (χ1) is 8.60. The fourth-order valence-electron chi connectivity index (χ4n) is 1.91. The van der Waals surface area contributed by atoms with Gasteiger partial charge in [0, 0.05) is 12.7 Å². The summed E-state index contributed by atoms with van der Waals surface area (Å²) in [4.78, 5) is 4.41.